The van der Waals surface area contributed by atoms with E-state index in [1.54, 1.807) is 12.1 Å². The molecule has 0 radical (unpaired) electrons. The first kappa shape index (κ1) is 9.85. The number of oxime groups is 1. The molecule has 0 heterocycles. The van der Waals surface area contributed by atoms with Gasteiger partial charge in [-0.15, -0.1) is 0 Å². The van der Waals surface area contributed by atoms with Crippen molar-refractivity contribution in [3.8, 4) is 11.5 Å². The van der Waals surface area contributed by atoms with Gasteiger partial charge in [-0.2, -0.15) is 0 Å². The van der Waals surface area contributed by atoms with Gasteiger partial charge in [0.2, 0.25) is 0 Å². The highest BCUT2D eigenvalue weighted by Crippen LogP contribution is 2.34. The lowest BCUT2D eigenvalue weighted by molar-refractivity contribution is 0.321. The van der Waals surface area contributed by atoms with E-state index in [1.807, 2.05) is 0 Å². The van der Waals surface area contributed by atoms with Gasteiger partial charge < -0.3 is 15.1 Å². The topological polar surface area (TPSA) is 62.0 Å². The van der Waals surface area contributed by atoms with Crippen molar-refractivity contribution in [2.75, 3.05) is 7.11 Å². The third-order valence-electron chi connectivity index (χ3n) is 1.48. The molecule has 0 saturated heterocycles. The van der Waals surface area contributed by atoms with Crippen LogP contribution in [0.1, 0.15) is 5.56 Å². The molecule has 2 N–H and O–H groups in total. The van der Waals surface area contributed by atoms with E-state index in [4.69, 9.17) is 9.94 Å². The molecule has 5 heteroatoms. The molecular weight excluding hydrogens is 238 g/mol. The number of benzene rings is 1. The minimum atomic E-state index is 0.0255. The van der Waals surface area contributed by atoms with Gasteiger partial charge >= 0.3 is 0 Å². The normalized spacial score (nSPS) is 10.6. The number of hydrogen-bond acceptors (Lipinski definition) is 4. The van der Waals surface area contributed by atoms with Crippen molar-refractivity contribution in [2.24, 2.45) is 5.16 Å². The zero-order valence-corrected chi connectivity index (χ0v) is 8.45. The van der Waals surface area contributed by atoms with Crippen LogP contribution in [-0.4, -0.2) is 23.6 Å². The number of phenols is 1. The van der Waals surface area contributed by atoms with Crippen molar-refractivity contribution in [3.05, 3.63) is 22.2 Å². The Hall–Kier alpha value is -1.23. The standard InChI is InChI=1S/C8H8BrNO3/c1-13-7-3-5(4-10-12)2-6(9)8(7)11/h2-4,11-12H,1H3. The first-order valence-electron chi connectivity index (χ1n) is 3.43. The van der Waals surface area contributed by atoms with Gasteiger partial charge in [-0.05, 0) is 28.1 Å². The van der Waals surface area contributed by atoms with Crippen LogP contribution in [0.15, 0.2) is 21.8 Å². The van der Waals surface area contributed by atoms with Crippen LogP contribution < -0.4 is 4.74 Å². The molecule has 4 nitrogen and oxygen atoms in total. The van der Waals surface area contributed by atoms with E-state index in [-0.39, 0.29) is 5.75 Å². The number of halogens is 1. The van der Waals surface area contributed by atoms with E-state index in [2.05, 4.69) is 21.1 Å². The average Bonchev–Trinajstić information content (AvgIpc) is 2.11. The molecule has 0 atom stereocenters. The first-order valence-corrected chi connectivity index (χ1v) is 4.22. The van der Waals surface area contributed by atoms with E-state index >= 15 is 0 Å². The summed E-state index contributed by atoms with van der Waals surface area (Å²) in [5, 5.41) is 20.6. The van der Waals surface area contributed by atoms with Crippen LogP contribution in [0.5, 0.6) is 11.5 Å². The molecule has 0 aromatic heterocycles. The minimum absolute atomic E-state index is 0.0255. The predicted octanol–water partition coefficient (Wildman–Crippen LogP) is 1.97. The van der Waals surface area contributed by atoms with Crippen LogP contribution in [0, 0.1) is 0 Å². The van der Waals surface area contributed by atoms with Crippen molar-refractivity contribution in [3.63, 3.8) is 0 Å². The van der Waals surface area contributed by atoms with Crippen LogP contribution in [-0.2, 0) is 0 Å². The summed E-state index contributed by atoms with van der Waals surface area (Å²) >= 11 is 3.13. The van der Waals surface area contributed by atoms with E-state index in [9.17, 15) is 5.11 Å². The Balaban J connectivity index is 3.21. The fourth-order valence-corrected chi connectivity index (χ4v) is 1.35. The Morgan fingerprint density at radius 1 is 1.54 bits per heavy atom. The summed E-state index contributed by atoms with van der Waals surface area (Å²) in [6.45, 7) is 0. The summed E-state index contributed by atoms with van der Waals surface area (Å²) in [6.07, 6.45) is 1.24. The first-order chi connectivity index (χ1) is 6.19. The molecule has 1 aromatic rings. The third kappa shape index (κ3) is 2.12. The second-order valence-electron chi connectivity index (χ2n) is 2.30. The SMILES string of the molecule is COc1cc(C=NO)cc(Br)c1O. The van der Waals surface area contributed by atoms with Gasteiger partial charge in [-0.25, -0.2) is 0 Å². The Kier molecular flexibility index (Phi) is 3.13. The number of hydrogen-bond donors (Lipinski definition) is 2. The monoisotopic (exact) mass is 245 g/mol. The van der Waals surface area contributed by atoms with Gasteiger partial charge in [0.25, 0.3) is 0 Å². The van der Waals surface area contributed by atoms with Crippen LogP contribution in [0.4, 0.5) is 0 Å². The number of nitrogens with zero attached hydrogens (tertiary/aromatic N) is 1. The van der Waals surface area contributed by atoms with E-state index in [0.717, 1.165) is 0 Å². The lowest BCUT2D eigenvalue weighted by Crippen LogP contribution is -1.88. The fourth-order valence-electron chi connectivity index (χ4n) is 0.891. The van der Waals surface area contributed by atoms with Crippen LogP contribution in [0.25, 0.3) is 0 Å². The molecule has 0 aliphatic rings. The largest absolute Gasteiger partial charge is 0.503 e. The van der Waals surface area contributed by atoms with Gasteiger partial charge in [0.1, 0.15) is 0 Å². The van der Waals surface area contributed by atoms with Gasteiger partial charge in [0.15, 0.2) is 11.5 Å². The van der Waals surface area contributed by atoms with Gasteiger partial charge in [0, 0.05) is 5.56 Å². The molecule has 70 valence electrons. The average molecular weight is 246 g/mol. The minimum Gasteiger partial charge on any atom is -0.503 e. The number of methoxy groups -OCH3 is 1. The highest BCUT2D eigenvalue weighted by Gasteiger charge is 2.07. The molecule has 0 aliphatic heterocycles. The number of ether oxygens (including phenoxy) is 1. The Morgan fingerprint density at radius 3 is 2.77 bits per heavy atom. The van der Waals surface area contributed by atoms with Crippen molar-refractivity contribution >= 4 is 22.1 Å². The van der Waals surface area contributed by atoms with Crippen LogP contribution in [0.3, 0.4) is 0 Å². The second-order valence-corrected chi connectivity index (χ2v) is 3.15. The summed E-state index contributed by atoms with van der Waals surface area (Å²) < 4.78 is 5.38. The summed E-state index contributed by atoms with van der Waals surface area (Å²) in [5.41, 5.74) is 0.629. The van der Waals surface area contributed by atoms with Crippen LogP contribution >= 0.6 is 15.9 Å². The predicted molar refractivity (Wildman–Crippen MR) is 51.7 cm³/mol. The molecule has 0 unspecified atom stereocenters. The van der Waals surface area contributed by atoms with Crippen molar-refractivity contribution in [1.29, 1.82) is 0 Å². The quantitative estimate of drug-likeness (QED) is 0.476. The molecular formula is C8H8BrNO3. The van der Waals surface area contributed by atoms with E-state index in [1.165, 1.54) is 13.3 Å². The highest BCUT2D eigenvalue weighted by atomic mass is 79.9. The van der Waals surface area contributed by atoms with Gasteiger partial charge in [-0.1, -0.05) is 5.16 Å². The van der Waals surface area contributed by atoms with Crippen LogP contribution in [0.2, 0.25) is 0 Å². The van der Waals surface area contributed by atoms with Gasteiger partial charge in [-0.3, -0.25) is 0 Å². The molecule has 13 heavy (non-hydrogen) atoms. The summed E-state index contributed by atoms with van der Waals surface area (Å²) in [7, 11) is 1.45. The summed E-state index contributed by atoms with van der Waals surface area (Å²) in [4.78, 5) is 0. The lowest BCUT2D eigenvalue weighted by atomic mass is 10.2. The molecule has 1 aromatic carbocycles. The number of aromatic hydroxyl groups is 1. The second kappa shape index (κ2) is 4.13. The van der Waals surface area contributed by atoms with E-state index in [0.29, 0.717) is 15.8 Å². The molecule has 0 saturated carbocycles. The van der Waals surface area contributed by atoms with Crippen molar-refractivity contribution < 1.29 is 15.1 Å². The highest BCUT2D eigenvalue weighted by molar-refractivity contribution is 9.10. The lowest BCUT2D eigenvalue weighted by Gasteiger charge is -2.05. The zero-order valence-electron chi connectivity index (χ0n) is 6.86. The maximum Gasteiger partial charge on any atom is 0.172 e. The van der Waals surface area contributed by atoms with Crippen molar-refractivity contribution in [1.82, 2.24) is 0 Å². The molecule has 0 bridgehead atoms. The molecule has 1 rings (SSSR count). The van der Waals surface area contributed by atoms with E-state index < -0.39 is 0 Å². The molecule has 0 spiro atoms. The summed E-state index contributed by atoms with van der Waals surface area (Å²) in [5.74, 6) is 0.349. The maximum atomic E-state index is 9.41. The smallest absolute Gasteiger partial charge is 0.172 e. The number of rotatable bonds is 2. The fraction of sp³-hybridized carbons (Fsp3) is 0.125. The molecule has 0 fully saturated rings. The Bertz CT molecular complexity index is 338. The molecule has 0 amide bonds. The zero-order chi connectivity index (χ0) is 9.84. The maximum absolute atomic E-state index is 9.41. The van der Waals surface area contributed by atoms with Crippen molar-refractivity contribution in [2.45, 2.75) is 0 Å². The molecule has 0 aliphatic carbocycles. The third-order valence-corrected chi connectivity index (χ3v) is 2.08. The number of phenolic OH excluding ortho intramolecular Hbond substituents is 1. The Labute approximate surface area is 83.6 Å². The summed E-state index contributed by atoms with van der Waals surface area (Å²) in [6, 6.07) is 3.16. The Morgan fingerprint density at radius 2 is 2.23 bits per heavy atom. The van der Waals surface area contributed by atoms with Gasteiger partial charge in [0.05, 0.1) is 17.8 Å².